The second-order valence-corrected chi connectivity index (χ2v) is 4.47. The number of nitrogens with two attached hydrogens (primary N) is 1. The van der Waals surface area contributed by atoms with E-state index in [4.69, 9.17) is 10.5 Å². The number of pyridine rings is 1. The molecule has 0 saturated heterocycles. The van der Waals surface area contributed by atoms with Crippen LogP contribution in [0.25, 0.3) is 0 Å². The summed E-state index contributed by atoms with van der Waals surface area (Å²) in [6.07, 6.45) is 4.40. The molecule has 1 aromatic carbocycles. The second-order valence-electron chi connectivity index (χ2n) is 3.61. The highest BCUT2D eigenvalue weighted by atomic mass is 79.9. The molecular weight excluding hydrogens is 280 g/mol. The van der Waals surface area contributed by atoms with Gasteiger partial charge in [0.05, 0.1) is 16.8 Å². The molecule has 1 aromatic heterocycles. The monoisotopic (exact) mass is 292 g/mol. The third kappa shape index (κ3) is 3.20. The van der Waals surface area contributed by atoms with Crippen molar-refractivity contribution in [3.8, 4) is 5.75 Å². The van der Waals surface area contributed by atoms with Gasteiger partial charge in [-0.25, -0.2) is 0 Å². The quantitative estimate of drug-likeness (QED) is 0.881. The molecule has 88 valence electrons. The normalized spacial score (nSPS) is 10.2. The molecule has 1 heterocycles. The van der Waals surface area contributed by atoms with E-state index in [-0.39, 0.29) is 0 Å². The van der Waals surface area contributed by atoms with Gasteiger partial charge in [0.15, 0.2) is 5.75 Å². The standard InChI is InChI=1S/C13H13BrN2O/c14-11-2-1-3-12(15)13(11)17-9-6-10-4-7-16-8-5-10/h1-5,7-8H,6,9,15H2. The first-order valence-corrected chi connectivity index (χ1v) is 6.12. The Bertz CT molecular complexity index is 468. The maximum Gasteiger partial charge on any atom is 0.156 e. The number of ether oxygens (including phenoxy) is 1. The molecule has 0 aliphatic rings. The number of para-hydroxylation sites is 1. The number of rotatable bonds is 4. The molecule has 0 spiro atoms. The van der Waals surface area contributed by atoms with Crippen LogP contribution < -0.4 is 10.5 Å². The lowest BCUT2D eigenvalue weighted by molar-refractivity contribution is 0.321. The minimum absolute atomic E-state index is 0.594. The zero-order valence-electron chi connectivity index (χ0n) is 9.27. The zero-order chi connectivity index (χ0) is 12.1. The SMILES string of the molecule is Nc1cccc(Br)c1OCCc1ccncc1. The van der Waals surface area contributed by atoms with Crippen LogP contribution in [0.4, 0.5) is 5.69 Å². The molecule has 0 unspecified atom stereocenters. The van der Waals surface area contributed by atoms with Crippen molar-refractivity contribution in [3.63, 3.8) is 0 Å². The summed E-state index contributed by atoms with van der Waals surface area (Å²) in [7, 11) is 0. The lowest BCUT2D eigenvalue weighted by Gasteiger charge is -2.10. The van der Waals surface area contributed by atoms with E-state index in [9.17, 15) is 0 Å². The van der Waals surface area contributed by atoms with Gasteiger partial charge in [-0.1, -0.05) is 6.07 Å². The van der Waals surface area contributed by atoms with E-state index < -0.39 is 0 Å². The summed E-state index contributed by atoms with van der Waals surface area (Å²) in [6.45, 7) is 0.594. The van der Waals surface area contributed by atoms with Crippen LogP contribution in [0.3, 0.4) is 0 Å². The van der Waals surface area contributed by atoms with E-state index in [1.165, 1.54) is 5.56 Å². The van der Waals surface area contributed by atoms with E-state index in [0.717, 1.165) is 10.9 Å². The largest absolute Gasteiger partial charge is 0.490 e. The van der Waals surface area contributed by atoms with Gasteiger partial charge in [0.25, 0.3) is 0 Å². The maximum atomic E-state index is 5.84. The van der Waals surface area contributed by atoms with Crippen molar-refractivity contribution in [2.75, 3.05) is 12.3 Å². The van der Waals surface area contributed by atoms with Gasteiger partial charge in [-0.15, -0.1) is 0 Å². The fourth-order valence-corrected chi connectivity index (χ4v) is 1.99. The second kappa shape index (κ2) is 5.68. The number of hydrogen-bond donors (Lipinski definition) is 1. The Morgan fingerprint density at radius 1 is 1.18 bits per heavy atom. The van der Waals surface area contributed by atoms with Crippen LogP contribution in [0, 0.1) is 0 Å². The van der Waals surface area contributed by atoms with Gasteiger partial charge in [-0.3, -0.25) is 4.98 Å². The van der Waals surface area contributed by atoms with Gasteiger partial charge in [0.2, 0.25) is 0 Å². The van der Waals surface area contributed by atoms with Crippen LogP contribution in [0.2, 0.25) is 0 Å². The number of benzene rings is 1. The molecule has 0 bridgehead atoms. The highest BCUT2D eigenvalue weighted by Crippen LogP contribution is 2.30. The molecular formula is C13H13BrN2O. The number of nitrogens with zero attached hydrogens (tertiary/aromatic N) is 1. The van der Waals surface area contributed by atoms with Crippen molar-refractivity contribution in [1.29, 1.82) is 0 Å². The summed E-state index contributed by atoms with van der Waals surface area (Å²) in [5.41, 5.74) is 7.68. The van der Waals surface area contributed by atoms with Gasteiger partial charge in [-0.05, 0) is 45.8 Å². The van der Waals surface area contributed by atoms with E-state index in [0.29, 0.717) is 18.0 Å². The fraction of sp³-hybridized carbons (Fsp3) is 0.154. The average molecular weight is 293 g/mol. The lowest BCUT2D eigenvalue weighted by Crippen LogP contribution is -2.04. The molecule has 0 fully saturated rings. The summed E-state index contributed by atoms with van der Waals surface area (Å²) >= 11 is 3.42. The number of aromatic nitrogens is 1. The van der Waals surface area contributed by atoms with Crippen LogP contribution in [0.5, 0.6) is 5.75 Å². The molecule has 2 rings (SSSR count). The van der Waals surface area contributed by atoms with Crippen molar-refractivity contribution in [2.24, 2.45) is 0 Å². The van der Waals surface area contributed by atoms with Crippen molar-refractivity contribution >= 4 is 21.6 Å². The molecule has 17 heavy (non-hydrogen) atoms. The summed E-state index contributed by atoms with van der Waals surface area (Å²) in [5.74, 6) is 0.710. The Morgan fingerprint density at radius 2 is 1.94 bits per heavy atom. The first-order valence-electron chi connectivity index (χ1n) is 5.33. The minimum Gasteiger partial charge on any atom is -0.490 e. The third-order valence-electron chi connectivity index (χ3n) is 2.38. The molecule has 3 nitrogen and oxygen atoms in total. The van der Waals surface area contributed by atoms with Crippen LogP contribution in [-0.2, 0) is 6.42 Å². The molecule has 0 radical (unpaired) electrons. The maximum absolute atomic E-state index is 5.84. The highest BCUT2D eigenvalue weighted by molar-refractivity contribution is 9.10. The van der Waals surface area contributed by atoms with Gasteiger partial charge >= 0.3 is 0 Å². The van der Waals surface area contributed by atoms with Crippen molar-refractivity contribution in [1.82, 2.24) is 4.98 Å². The van der Waals surface area contributed by atoms with Crippen molar-refractivity contribution < 1.29 is 4.74 Å². The van der Waals surface area contributed by atoms with Gasteiger partial charge in [0, 0.05) is 18.8 Å². The predicted molar refractivity (Wildman–Crippen MR) is 72.0 cm³/mol. The molecule has 0 atom stereocenters. The van der Waals surface area contributed by atoms with Gasteiger partial charge in [0.1, 0.15) is 0 Å². The van der Waals surface area contributed by atoms with E-state index in [1.807, 2.05) is 30.3 Å². The number of nitrogen functional groups attached to an aromatic ring is 1. The van der Waals surface area contributed by atoms with E-state index in [1.54, 1.807) is 12.4 Å². The fourth-order valence-electron chi connectivity index (χ4n) is 1.50. The Hall–Kier alpha value is -1.55. The van der Waals surface area contributed by atoms with Crippen molar-refractivity contribution in [2.45, 2.75) is 6.42 Å². The first kappa shape index (κ1) is 11.9. The Balaban J connectivity index is 1.95. The van der Waals surface area contributed by atoms with Crippen LogP contribution in [0.1, 0.15) is 5.56 Å². The number of halogens is 1. The highest BCUT2D eigenvalue weighted by Gasteiger charge is 2.04. The van der Waals surface area contributed by atoms with Gasteiger partial charge in [-0.2, -0.15) is 0 Å². The summed E-state index contributed by atoms with van der Waals surface area (Å²) in [6, 6.07) is 9.58. The summed E-state index contributed by atoms with van der Waals surface area (Å²) in [5, 5.41) is 0. The lowest BCUT2D eigenvalue weighted by atomic mass is 10.2. The Labute approximate surface area is 109 Å². The minimum atomic E-state index is 0.594. The number of anilines is 1. The van der Waals surface area contributed by atoms with Crippen LogP contribution >= 0.6 is 15.9 Å². The third-order valence-corrected chi connectivity index (χ3v) is 3.01. The first-order chi connectivity index (χ1) is 8.27. The van der Waals surface area contributed by atoms with Crippen LogP contribution in [0.15, 0.2) is 47.2 Å². The topological polar surface area (TPSA) is 48.1 Å². The molecule has 2 aromatic rings. The molecule has 0 aliphatic heterocycles. The predicted octanol–water partition coefficient (Wildman–Crippen LogP) is 3.05. The van der Waals surface area contributed by atoms with Crippen molar-refractivity contribution in [3.05, 3.63) is 52.8 Å². The molecule has 0 amide bonds. The molecule has 0 saturated carbocycles. The Kier molecular flexibility index (Phi) is 3.98. The molecule has 0 aliphatic carbocycles. The van der Waals surface area contributed by atoms with Crippen LogP contribution in [-0.4, -0.2) is 11.6 Å². The Morgan fingerprint density at radius 3 is 2.65 bits per heavy atom. The van der Waals surface area contributed by atoms with E-state index in [2.05, 4.69) is 20.9 Å². The van der Waals surface area contributed by atoms with Gasteiger partial charge < -0.3 is 10.5 Å². The zero-order valence-corrected chi connectivity index (χ0v) is 10.9. The number of hydrogen-bond acceptors (Lipinski definition) is 3. The summed E-state index contributed by atoms with van der Waals surface area (Å²) in [4.78, 5) is 3.97. The average Bonchev–Trinajstić information content (AvgIpc) is 2.34. The molecule has 4 heteroatoms. The smallest absolute Gasteiger partial charge is 0.156 e. The molecule has 2 N–H and O–H groups in total. The summed E-state index contributed by atoms with van der Waals surface area (Å²) < 4.78 is 6.56. The van der Waals surface area contributed by atoms with E-state index >= 15 is 0 Å².